The first kappa shape index (κ1) is 12.4. The molecule has 2 fully saturated rings. The lowest BCUT2D eigenvalue weighted by Gasteiger charge is -2.24. The van der Waals surface area contributed by atoms with Gasteiger partial charge in [-0.25, -0.2) is 0 Å². The Morgan fingerprint density at radius 1 is 1.06 bits per heavy atom. The molecule has 0 aromatic heterocycles. The van der Waals surface area contributed by atoms with Crippen molar-refractivity contribution in [3.63, 3.8) is 0 Å². The minimum Gasteiger partial charge on any atom is -0.314 e. The fourth-order valence-electron chi connectivity index (χ4n) is 4.09. The average molecular weight is 223 g/mol. The molecule has 3 atom stereocenters. The summed E-state index contributed by atoms with van der Waals surface area (Å²) in [6.45, 7) is 8.12. The number of nitrogens with one attached hydrogen (secondary N) is 1. The number of fused-ring (bicyclic) bond motifs is 1. The minimum atomic E-state index is 0.838. The highest BCUT2D eigenvalue weighted by Crippen LogP contribution is 2.59. The summed E-state index contributed by atoms with van der Waals surface area (Å²) in [7, 11) is 0. The summed E-state index contributed by atoms with van der Waals surface area (Å²) in [6.07, 6.45) is 8.72. The van der Waals surface area contributed by atoms with Crippen LogP contribution in [0, 0.1) is 23.7 Å². The van der Waals surface area contributed by atoms with E-state index in [2.05, 4.69) is 26.1 Å². The topological polar surface area (TPSA) is 12.0 Å². The van der Waals surface area contributed by atoms with E-state index in [1.54, 1.807) is 0 Å². The summed E-state index contributed by atoms with van der Waals surface area (Å²) in [6, 6.07) is 0.838. The van der Waals surface area contributed by atoms with Gasteiger partial charge in [-0.2, -0.15) is 0 Å². The zero-order valence-corrected chi connectivity index (χ0v) is 11.3. The van der Waals surface area contributed by atoms with Crippen LogP contribution >= 0.6 is 0 Å². The second-order valence-electron chi connectivity index (χ2n) is 5.92. The van der Waals surface area contributed by atoms with Crippen LogP contribution in [-0.4, -0.2) is 12.6 Å². The van der Waals surface area contributed by atoms with Crippen LogP contribution in [0.1, 0.15) is 59.3 Å². The van der Waals surface area contributed by atoms with Gasteiger partial charge in [0.1, 0.15) is 0 Å². The molecule has 16 heavy (non-hydrogen) atoms. The summed E-state index contributed by atoms with van der Waals surface area (Å²) in [5.74, 6) is 4.22. The maximum atomic E-state index is 3.77. The summed E-state index contributed by atoms with van der Waals surface area (Å²) in [5.41, 5.74) is 0. The van der Waals surface area contributed by atoms with Crippen LogP contribution in [-0.2, 0) is 0 Å². The fraction of sp³-hybridized carbons (Fsp3) is 1.00. The van der Waals surface area contributed by atoms with Gasteiger partial charge in [0.05, 0.1) is 0 Å². The van der Waals surface area contributed by atoms with Crippen LogP contribution in [0.4, 0.5) is 0 Å². The van der Waals surface area contributed by atoms with E-state index in [-0.39, 0.29) is 0 Å². The molecule has 2 aliphatic carbocycles. The van der Waals surface area contributed by atoms with E-state index in [9.17, 15) is 0 Å². The predicted octanol–water partition coefficient (Wildman–Crippen LogP) is 3.84. The highest BCUT2D eigenvalue weighted by atomic mass is 14.9. The standard InChI is InChI=1S/C15H29N/c1-4-11(5-2)10-14(16-6-3)15-12-8-7-9-13(12)15/h11-16H,4-10H2,1-3H3. The van der Waals surface area contributed by atoms with Crippen LogP contribution in [0.15, 0.2) is 0 Å². The monoisotopic (exact) mass is 223 g/mol. The molecule has 0 amide bonds. The Hall–Kier alpha value is -0.0400. The number of rotatable bonds is 7. The molecule has 0 spiro atoms. The fourth-order valence-corrected chi connectivity index (χ4v) is 4.09. The van der Waals surface area contributed by atoms with Crippen LogP contribution in [0.5, 0.6) is 0 Å². The van der Waals surface area contributed by atoms with Crippen molar-refractivity contribution in [1.29, 1.82) is 0 Å². The first-order valence-electron chi connectivity index (χ1n) is 7.55. The molecule has 1 heteroatoms. The van der Waals surface area contributed by atoms with Gasteiger partial charge < -0.3 is 5.32 Å². The lowest BCUT2D eigenvalue weighted by molar-refractivity contribution is 0.319. The lowest BCUT2D eigenvalue weighted by Crippen LogP contribution is -2.34. The van der Waals surface area contributed by atoms with Gasteiger partial charge in [-0.3, -0.25) is 0 Å². The molecule has 0 radical (unpaired) electrons. The van der Waals surface area contributed by atoms with E-state index < -0.39 is 0 Å². The molecule has 2 aliphatic rings. The highest BCUT2D eigenvalue weighted by Gasteiger charge is 2.55. The van der Waals surface area contributed by atoms with Gasteiger partial charge in [-0.05, 0) is 49.5 Å². The van der Waals surface area contributed by atoms with Crippen LogP contribution < -0.4 is 5.32 Å². The smallest absolute Gasteiger partial charge is 0.0103 e. The molecular weight excluding hydrogens is 194 g/mol. The SMILES string of the molecule is CCNC(CC(CC)CC)C1C2CCCC21. The second kappa shape index (κ2) is 5.53. The van der Waals surface area contributed by atoms with Crippen molar-refractivity contribution in [2.24, 2.45) is 23.7 Å². The van der Waals surface area contributed by atoms with E-state index in [4.69, 9.17) is 0 Å². The van der Waals surface area contributed by atoms with Crippen molar-refractivity contribution in [2.45, 2.75) is 65.3 Å². The number of hydrogen-bond donors (Lipinski definition) is 1. The quantitative estimate of drug-likeness (QED) is 0.691. The molecular formula is C15H29N. The molecule has 1 nitrogen and oxygen atoms in total. The normalized spacial score (nSPS) is 34.1. The molecule has 3 unspecified atom stereocenters. The van der Waals surface area contributed by atoms with Crippen LogP contribution in [0.2, 0.25) is 0 Å². The first-order valence-corrected chi connectivity index (χ1v) is 7.55. The van der Waals surface area contributed by atoms with Gasteiger partial charge in [0.15, 0.2) is 0 Å². The summed E-state index contributed by atoms with van der Waals surface area (Å²) < 4.78 is 0. The van der Waals surface area contributed by atoms with Crippen molar-refractivity contribution in [1.82, 2.24) is 5.32 Å². The van der Waals surface area contributed by atoms with Crippen molar-refractivity contribution >= 4 is 0 Å². The van der Waals surface area contributed by atoms with E-state index in [0.29, 0.717) is 0 Å². The van der Waals surface area contributed by atoms with E-state index in [0.717, 1.165) is 36.3 Å². The van der Waals surface area contributed by atoms with Crippen LogP contribution in [0.25, 0.3) is 0 Å². The zero-order chi connectivity index (χ0) is 11.5. The van der Waals surface area contributed by atoms with Gasteiger partial charge in [-0.15, -0.1) is 0 Å². The molecule has 0 aliphatic heterocycles. The zero-order valence-electron chi connectivity index (χ0n) is 11.3. The first-order chi connectivity index (χ1) is 7.81. The maximum Gasteiger partial charge on any atom is 0.0103 e. The van der Waals surface area contributed by atoms with E-state index in [1.165, 1.54) is 38.5 Å². The van der Waals surface area contributed by atoms with Crippen molar-refractivity contribution in [3.05, 3.63) is 0 Å². The lowest BCUT2D eigenvalue weighted by atomic mass is 9.90. The Labute approximate surface area is 101 Å². The minimum absolute atomic E-state index is 0.838. The molecule has 2 rings (SSSR count). The van der Waals surface area contributed by atoms with Crippen LogP contribution in [0.3, 0.4) is 0 Å². The largest absolute Gasteiger partial charge is 0.314 e. The third-order valence-electron chi connectivity index (χ3n) is 5.15. The molecule has 0 heterocycles. The van der Waals surface area contributed by atoms with Gasteiger partial charge in [0.2, 0.25) is 0 Å². The van der Waals surface area contributed by atoms with Gasteiger partial charge in [0, 0.05) is 6.04 Å². The molecule has 94 valence electrons. The Kier molecular flexibility index (Phi) is 4.29. The van der Waals surface area contributed by atoms with Gasteiger partial charge in [0.25, 0.3) is 0 Å². The predicted molar refractivity (Wildman–Crippen MR) is 70.5 cm³/mol. The molecule has 0 saturated heterocycles. The molecule has 0 bridgehead atoms. The Bertz CT molecular complexity index is 199. The summed E-state index contributed by atoms with van der Waals surface area (Å²) in [4.78, 5) is 0. The molecule has 0 aromatic rings. The average Bonchev–Trinajstić information content (AvgIpc) is 2.78. The Morgan fingerprint density at radius 3 is 2.19 bits per heavy atom. The van der Waals surface area contributed by atoms with Crippen molar-refractivity contribution in [2.75, 3.05) is 6.54 Å². The Balaban J connectivity index is 1.85. The Morgan fingerprint density at radius 2 is 1.69 bits per heavy atom. The van der Waals surface area contributed by atoms with E-state index >= 15 is 0 Å². The molecule has 0 aromatic carbocycles. The van der Waals surface area contributed by atoms with Gasteiger partial charge in [-0.1, -0.05) is 40.0 Å². The number of hydrogen-bond acceptors (Lipinski definition) is 1. The van der Waals surface area contributed by atoms with E-state index in [1.807, 2.05) is 0 Å². The maximum absolute atomic E-state index is 3.77. The summed E-state index contributed by atoms with van der Waals surface area (Å²) in [5, 5.41) is 3.77. The third-order valence-corrected chi connectivity index (χ3v) is 5.15. The second-order valence-corrected chi connectivity index (χ2v) is 5.92. The van der Waals surface area contributed by atoms with Gasteiger partial charge >= 0.3 is 0 Å². The third kappa shape index (κ3) is 2.45. The van der Waals surface area contributed by atoms with Crippen molar-refractivity contribution in [3.8, 4) is 0 Å². The highest BCUT2D eigenvalue weighted by molar-refractivity contribution is 5.06. The van der Waals surface area contributed by atoms with Crippen molar-refractivity contribution < 1.29 is 0 Å². The molecule has 2 saturated carbocycles. The molecule has 1 N–H and O–H groups in total. The summed E-state index contributed by atoms with van der Waals surface area (Å²) >= 11 is 0.